The van der Waals surface area contributed by atoms with Crippen molar-refractivity contribution in [1.29, 1.82) is 5.26 Å². The summed E-state index contributed by atoms with van der Waals surface area (Å²) in [5.41, 5.74) is 0.245. The molecule has 0 amide bonds. The molecule has 0 saturated carbocycles. The van der Waals surface area contributed by atoms with Crippen LogP contribution >= 0.6 is 0 Å². The van der Waals surface area contributed by atoms with Crippen LogP contribution in [0.1, 0.15) is 64.4 Å². The van der Waals surface area contributed by atoms with Crippen molar-refractivity contribution in [3.8, 4) is 17.7 Å². The van der Waals surface area contributed by atoms with Gasteiger partial charge in [0.1, 0.15) is 29.5 Å². The molecular formula is C28H40BN3O5Si. The highest BCUT2D eigenvalue weighted by Crippen LogP contribution is 2.38. The lowest BCUT2D eigenvalue weighted by atomic mass is 9.76. The Labute approximate surface area is 228 Å². The number of ether oxygens (including phenoxy) is 1. The second kappa shape index (κ2) is 10.8. The standard InChI is InChI=1S/C28H40BN3O5Si/c1-26(2,3)38(9,10)34-16-15-32(8)24-14-11-20(18-30)25(31-24)35-22-12-13-23(21(17-22)19-33)29-36-27(4,5)28(6,7)37-29/h11-14,17,19H,15-16H2,1-10H3. The predicted molar refractivity (Wildman–Crippen MR) is 153 cm³/mol. The molecule has 10 heteroatoms. The minimum Gasteiger partial charge on any atom is -0.438 e. The third kappa shape index (κ3) is 6.29. The van der Waals surface area contributed by atoms with Crippen molar-refractivity contribution < 1.29 is 23.3 Å². The Morgan fingerprint density at radius 1 is 1.13 bits per heavy atom. The minimum atomic E-state index is -1.85. The highest BCUT2D eigenvalue weighted by atomic mass is 28.4. The first-order valence-corrected chi connectivity index (χ1v) is 15.8. The van der Waals surface area contributed by atoms with Gasteiger partial charge in [0.2, 0.25) is 5.88 Å². The summed E-state index contributed by atoms with van der Waals surface area (Å²) in [5.74, 6) is 1.21. The van der Waals surface area contributed by atoms with E-state index in [4.69, 9.17) is 18.5 Å². The molecule has 1 saturated heterocycles. The van der Waals surface area contributed by atoms with Crippen LogP contribution in [0.25, 0.3) is 0 Å². The molecule has 0 bridgehead atoms. The number of nitriles is 1. The topological polar surface area (TPSA) is 93.9 Å². The molecule has 3 rings (SSSR count). The summed E-state index contributed by atoms with van der Waals surface area (Å²) < 4.78 is 24.5. The van der Waals surface area contributed by atoms with Crippen LogP contribution in [0.4, 0.5) is 5.82 Å². The zero-order valence-corrected chi connectivity index (χ0v) is 25.3. The lowest BCUT2D eigenvalue weighted by Gasteiger charge is -2.36. The Morgan fingerprint density at radius 2 is 1.76 bits per heavy atom. The number of aldehydes is 1. The van der Waals surface area contributed by atoms with Crippen molar-refractivity contribution in [2.75, 3.05) is 25.1 Å². The second-order valence-corrected chi connectivity index (χ2v) is 17.1. The van der Waals surface area contributed by atoms with E-state index in [1.165, 1.54) is 0 Å². The first-order chi connectivity index (χ1) is 17.5. The van der Waals surface area contributed by atoms with Gasteiger partial charge in [-0.3, -0.25) is 4.79 Å². The Kier molecular flexibility index (Phi) is 8.49. The largest absolute Gasteiger partial charge is 0.495 e. The maximum atomic E-state index is 12.0. The molecule has 2 aromatic rings. The smallest absolute Gasteiger partial charge is 0.438 e. The van der Waals surface area contributed by atoms with Crippen molar-refractivity contribution in [1.82, 2.24) is 4.98 Å². The SMILES string of the molecule is CN(CCO[Si](C)(C)C(C)(C)C)c1ccc(C#N)c(Oc2ccc(B3OC(C)(C)C(C)(C)O3)c(C=O)c2)n1. The molecule has 0 radical (unpaired) electrons. The fourth-order valence-electron chi connectivity index (χ4n) is 3.59. The molecule has 0 atom stereocenters. The molecule has 2 heterocycles. The summed E-state index contributed by atoms with van der Waals surface area (Å²) in [4.78, 5) is 18.5. The molecule has 1 aliphatic heterocycles. The lowest BCUT2D eigenvalue weighted by molar-refractivity contribution is 0.00578. The first kappa shape index (κ1) is 29.8. The quantitative estimate of drug-likeness (QED) is 0.314. The number of benzene rings is 1. The molecule has 8 nitrogen and oxygen atoms in total. The van der Waals surface area contributed by atoms with Crippen molar-refractivity contribution in [3.63, 3.8) is 0 Å². The van der Waals surface area contributed by atoms with Gasteiger partial charge in [-0.15, -0.1) is 0 Å². The van der Waals surface area contributed by atoms with E-state index in [0.29, 0.717) is 41.3 Å². The van der Waals surface area contributed by atoms with Gasteiger partial charge in [0.05, 0.1) is 17.8 Å². The third-order valence-corrected chi connectivity index (χ3v) is 12.5. The van der Waals surface area contributed by atoms with E-state index >= 15 is 0 Å². The van der Waals surface area contributed by atoms with Gasteiger partial charge in [0.15, 0.2) is 8.32 Å². The van der Waals surface area contributed by atoms with E-state index in [9.17, 15) is 10.1 Å². The van der Waals surface area contributed by atoms with Gasteiger partial charge in [0, 0.05) is 19.2 Å². The van der Waals surface area contributed by atoms with Gasteiger partial charge >= 0.3 is 7.12 Å². The summed E-state index contributed by atoms with van der Waals surface area (Å²) in [6.07, 6.45) is 0.748. The summed E-state index contributed by atoms with van der Waals surface area (Å²) in [6, 6.07) is 10.7. The number of carbonyl (C=O) groups excluding carboxylic acids is 1. The number of anilines is 1. The van der Waals surface area contributed by atoms with Crippen molar-refractivity contribution in [2.24, 2.45) is 0 Å². The normalized spacial score (nSPS) is 16.7. The van der Waals surface area contributed by atoms with Crippen LogP contribution in [0.2, 0.25) is 18.1 Å². The maximum absolute atomic E-state index is 12.0. The predicted octanol–water partition coefficient (Wildman–Crippen LogP) is 5.32. The Balaban J connectivity index is 1.78. The summed E-state index contributed by atoms with van der Waals surface area (Å²) in [7, 11) is -0.596. The number of carbonyl (C=O) groups is 1. The van der Waals surface area contributed by atoms with E-state index < -0.39 is 26.6 Å². The van der Waals surface area contributed by atoms with Crippen LogP contribution in [-0.2, 0) is 13.7 Å². The van der Waals surface area contributed by atoms with Crippen LogP contribution in [0, 0.1) is 11.3 Å². The van der Waals surface area contributed by atoms with E-state index in [1.807, 2.05) is 39.6 Å². The Bertz CT molecular complexity index is 1200. The first-order valence-electron chi connectivity index (χ1n) is 12.9. The van der Waals surface area contributed by atoms with Crippen molar-refractivity contribution in [2.45, 2.75) is 77.8 Å². The number of nitrogens with zero attached hydrogens (tertiary/aromatic N) is 3. The van der Waals surface area contributed by atoms with Crippen LogP contribution in [-0.4, -0.2) is 58.1 Å². The van der Waals surface area contributed by atoms with Gasteiger partial charge in [-0.1, -0.05) is 26.8 Å². The number of hydrogen-bond donors (Lipinski definition) is 0. The summed E-state index contributed by atoms with van der Waals surface area (Å²) in [6.45, 7) is 20.2. The highest BCUT2D eigenvalue weighted by Gasteiger charge is 2.52. The maximum Gasteiger partial charge on any atom is 0.495 e. The fraction of sp³-hybridized carbons (Fsp3) is 0.536. The van der Waals surface area contributed by atoms with Crippen LogP contribution in [0.5, 0.6) is 11.6 Å². The van der Waals surface area contributed by atoms with Crippen molar-refractivity contribution in [3.05, 3.63) is 41.5 Å². The third-order valence-electron chi connectivity index (χ3n) is 7.96. The molecule has 204 valence electrons. The van der Waals surface area contributed by atoms with Crippen LogP contribution in [0.3, 0.4) is 0 Å². The monoisotopic (exact) mass is 537 g/mol. The number of rotatable bonds is 9. The zero-order valence-electron chi connectivity index (χ0n) is 24.3. The second-order valence-electron chi connectivity index (χ2n) is 12.3. The van der Waals surface area contributed by atoms with Crippen LogP contribution < -0.4 is 15.1 Å². The molecule has 0 aliphatic carbocycles. The molecule has 0 unspecified atom stereocenters. The molecule has 1 aromatic carbocycles. The van der Waals surface area contributed by atoms with E-state index in [1.54, 1.807) is 30.3 Å². The van der Waals surface area contributed by atoms with Crippen LogP contribution in [0.15, 0.2) is 30.3 Å². The number of hydrogen-bond acceptors (Lipinski definition) is 8. The summed E-state index contributed by atoms with van der Waals surface area (Å²) in [5, 5.41) is 9.77. The number of pyridine rings is 1. The van der Waals surface area contributed by atoms with Gasteiger partial charge < -0.3 is 23.4 Å². The van der Waals surface area contributed by atoms with E-state index in [2.05, 4.69) is 44.9 Å². The van der Waals surface area contributed by atoms with E-state index in [0.717, 1.165) is 6.29 Å². The average molecular weight is 538 g/mol. The molecule has 1 aromatic heterocycles. The molecule has 0 spiro atoms. The molecular weight excluding hydrogens is 497 g/mol. The van der Waals surface area contributed by atoms with Gasteiger partial charge in [-0.05, 0) is 75.6 Å². The Morgan fingerprint density at radius 3 is 2.32 bits per heavy atom. The van der Waals surface area contributed by atoms with Gasteiger partial charge in [-0.25, -0.2) is 0 Å². The van der Waals surface area contributed by atoms with Gasteiger partial charge in [-0.2, -0.15) is 10.2 Å². The Hall–Kier alpha value is -2.71. The van der Waals surface area contributed by atoms with E-state index in [-0.39, 0.29) is 10.9 Å². The minimum absolute atomic E-state index is 0.137. The number of likely N-dealkylation sites (N-methyl/N-ethyl adjacent to an activating group) is 1. The van der Waals surface area contributed by atoms with Crippen molar-refractivity contribution >= 4 is 33.0 Å². The fourth-order valence-corrected chi connectivity index (χ4v) is 4.62. The molecule has 0 N–H and O–H groups in total. The number of aromatic nitrogens is 1. The molecule has 1 fully saturated rings. The zero-order chi connectivity index (χ0) is 28.5. The average Bonchev–Trinajstić information content (AvgIpc) is 3.04. The summed E-state index contributed by atoms with van der Waals surface area (Å²) >= 11 is 0. The lowest BCUT2D eigenvalue weighted by Crippen LogP contribution is -2.42. The van der Waals surface area contributed by atoms with Gasteiger partial charge in [0.25, 0.3) is 0 Å². The molecule has 1 aliphatic rings. The highest BCUT2D eigenvalue weighted by molar-refractivity contribution is 6.74. The molecule has 38 heavy (non-hydrogen) atoms.